The van der Waals surface area contributed by atoms with Gasteiger partial charge >= 0.3 is 0 Å². The smallest absolute Gasteiger partial charge is 0.262 e. The van der Waals surface area contributed by atoms with E-state index < -0.39 is 0 Å². The highest BCUT2D eigenvalue weighted by Crippen LogP contribution is 2.19. The molecule has 3 aromatic heterocycles. The zero-order chi connectivity index (χ0) is 33.3. The number of carbonyl (C=O) groups is 1. The highest BCUT2D eigenvalue weighted by molar-refractivity contribution is 5.95. The number of aromatic amines is 3. The second-order valence-electron chi connectivity index (χ2n) is 9.86. The van der Waals surface area contributed by atoms with E-state index in [4.69, 9.17) is 4.74 Å². The molecule has 0 radical (unpaired) electrons. The van der Waals surface area contributed by atoms with Crippen molar-refractivity contribution in [3.05, 3.63) is 140 Å². The number of para-hydroxylation sites is 2. The molecule has 0 saturated heterocycles. The van der Waals surface area contributed by atoms with Crippen LogP contribution in [0.4, 0.5) is 0 Å². The lowest BCUT2D eigenvalue weighted by Gasteiger charge is -2.05. The van der Waals surface area contributed by atoms with Gasteiger partial charge in [-0.05, 0) is 55.8 Å². The van der Waals surface area contributed by atoms with E-state index in [0.717, 1.165) is 47.5 Å². The summed E-state index contributed by atoms with van der Waals surface area (Å²) in [5, 5.41) is 14.6. The fourth-order valence-corrected chi connectivity index (χ4v) is 3.88. The zero-order valence-corrected chi connectivity index (χ0v) is 25.9. The van der Waals surface area contributed by atoms with Gasteiger partial charge in [-0.1, -0.05) is 58.0 Å². The molecular formula is C36H41N5O6. The molecule has 0 spiro atoms. The summed E-state index contributed by atoms with van der Waals surface area (Å²) in [5.74, 6) is 1.12. The predicted octanol–water partition coefficient (Wildman–Crippen LogP) is 6.33. The lowest BCUT2D eigenvalue weighted by Crippen LogP contribution is -2.14. The number of benzene rings is 3. The molecule has 0 aliphatic heterocycles. The Bertz CT molecular complexity index is 1960. The Morgan fingerprint density at radius 1 is 0.809 bits per heavy atom. The van der Waals surface area contributed by atoms with Gasteiger partial charge < -0.3 is 14.8 Å². The number of aromatic hydroxyl groups is 1. The molecular weight excluding hydrogens is 598 g/mol. The monoisotopic (exact) mass is 639 g/mol. The van der Waals surface area contributed by atoms with Crippen molar-refractivity contribution in [2.24, 2.45) is 0 Å². The highest BCUT2D eigenvalue weighted by Gasteiger charge is 2.02. The van der Waals surface area contributed by atoms with Crippen molar-refractivity contribution in [2.75, 3.05) is 6.61 Å². The lowest BCUT2D eigenvalue weighted by atomic mass is 10.1. The standard InChI is InChI=1S/C13H18O2.C9H8N2.C9H7NO2.C4H4N2O2.CH4/c1-3-5-10-15-12-8-6-11(7-9-12)13(14)4-2;1-7-6-10-8-4-2-3-5-9(8)11-7;11-8-5-10-9(12)7-4-2-1-3-6(7)8;7-3-1-2-4(8)6-5-3;/h6-9H,3-5,10H2,1-2H3;2-6H,1H3;1-5,11H,(H,10,12);1-2H,(H,5,7)(H,6,8);1H4. The maximum atomic E-state index is 11.3. The van der Waals surface area contributed by atoms with E-state index in [0.29, 0.717) is 17.2 Å². The number of carbonyl (C=O) groups excluding carboxylic acids is 1. The van der Waals surface area contributed by atoms with Crippen molar-refractivity contribution in [1.82, 2.24) is 25.1 Å². The summed E-state index contributed by atoms with van der Waals surface area (Å²) in [6.45, 7) is 6.69. The highest BCUT2D eigenvalue weighted by atomic mass is 16.5. The van der Waals surface area contributed by atoms with Gasteiger partial charge in [-0.25, -0.2) is 4.98 Å². The number of Topliss-reactive ketones (excluding diaryl/α,β-unsaturated/α-hetero) is 1. The Morgan fingerprint density at radius 2 is 1.40 bits per heavy atom. The molecule has 246 valence electrons. The van der Waals surface area contributed by atoms with Crippen LogP contribution in [0, 0.1) is 6.92 Å². The molecule has 0 atom stereocenters. The Kier molecular flexibility index (Phi) is 15.5. The minimum absolute atomic E-state index is 0. The van der Waals surface area contributed by atoms with Crippen molar-refractivity contribution >= 4 is 27.6 Å². The fraction of sp³-hybridized carbons (Fsp3) is 0.222. The molecule has 6 aromatic rings. The van der Waals surface area contributed by atoms with Crippen molar-refractivity contribution in [2.45, 2.75) is 47.5 Å². The van der Waals surface area contributed by atoms with Crippen LogP contribution in [0.15, 0.2) is 112 Å². The number of nitrogens with zero attached hydrogens (tertiary/aromatic N) is 2. The molecule has 3 aromatic carbocycles. The van der Waals surface area contributed by atoms with Crippen molar-refractivity contribution in [3.63, 3.8) is 0 Å². The number of rotatable bonds is 6. The fourth-order valence-electron chi connectivity index (χ4n) is 3.88. The summed E-state index contributed by atoms with van der Waals surface area (Å²) < 4.78 is 5.50. The first-order valence-electron chi connectivity index (χ1n) is 14.7. The molecule has 0 aliphatic carbocycles. The van der Waals surface area contributed by atoms with E-state index >= 15 is 0 Å². The van der Waals surface area contributed by atoms with Crippen molar-refractivity contribution in [3.8, 4) is 11.5 Å². The number of hydrogen-bond acceptors (Lipinski definition) is 8. The van der Waals surface area contributed by atoms with Gasteiger partial charge in [0.15, 0.2) is 5.78 Å². The summed E-state index contributed by atoms with van der Waals surface area (Å²) in [5.41, 5.74) is 2.87. The van der Waals surface area contributed by atoms with E-state index in [-0.39, 0.29) is 35.6 Å². The predicted molar refractivity (Wildman–Crippen MR) is 186 cm³/mol. The zero-order valence-electron chi connectivity index (χ0n) is 25.9. The average molecular weight is 640 g/mol. The number of ether oxygens (including phenoxy) is 1. The van der Waals surface area contributed by atoms with E-state index in [9.17, 15) is 24.3 Å². The van der Waals surface area contributed by atoms with E-state index in [2.05, 4.69) is 32.1 Å². The first-order chi connectivity index (χ1) is 22.2. The molecule has 0 saturated carbocycles. The third-order valence-electron chi connectivity index (χ3n) is 6.32. The molecule has 3 heterocycles. The molecule has 11 heteroatoms. The van der Waals surface area contributed by atoms with E-state index in [1.54, 1.807) is 30.5 Å². The number of aryl methyl sites for hydroxylation is 1. The number of H-pyrrole nitrogens is 3. The number of aromatic nitrogens is 5. The van der Waals surface area contributed by atoms with Crippen molar-refractivity contribution < 1.29 is 14.6 Å². The summed E-state index contributed by atoms with van der Waals surface area (Å²) in [4.78, 5) is 53.9. The summed E-state index contributed by atoms with van der Waals surface area (Å²) in [7, 11) is 0. The maximum Gasteiger partial charge on any atom is 0.262 e. The molecule has 0 amide bonds. The first-order valence-corrected chi connectivity index (χ1v) is 14.7. The minimum atomic E-state index is -0.301. The number of nitrogens with one attached hydrogen (secondary N) is 3. The van der Waals surface area contributed by atoms with Gasteiger partial charge in [0.05, 0.1) is 28.7 Å². The van der Waals surface area contributed by atoms with Gasteiger partial charge in [-0.2, -0.15) is 0 Å². The third kappa shape index (κ3) is 12.2. The Hall–Kier alpha value is -5.84. The van der Waals surface area contributed by atoms with Gasteiger partial charge in [-0.15, -0.1) is 0 Å². The largest absolute Gasteiger partial charge is 0.506 e. The van der Waals surface area contributed by atoms with Gasteiger partial charge in [-0.3, -0.25) is 34.4 Å². The minimum Gasteiger partial charge on any atom is -0.506 e. The number of unbranched alkanes of at least 4 members (excludes halogenated alkanes) is 1. The van der Waals surface area contributed by atoms with Crippen LogP contribution in [0.2, 0.25) is 0 Å². The topological polar surface area (TPSA) is 171 Å². The molecule has 0 unspecified atom stereocenters. The molecule has 47 heavy (non-hydrogen) atoms. The van der Waals surface area contributed by atoms with Gasteiger partial charge in [0.2, 0.25) is 0 Å². The third-order valence-corrected chi connectivity index (χ3v) is 6.32. The van der Waals surface area contributed by atoms with Crippen LogP contribution in [0.25, 0.3) is 21.8 Å². The Labute approximate surface area is 272 Å². The van der Waals surface area contributed by atoms with Gasteiger partial charge in [0, 0.05) is 41.9 Å². The maximum absolute atomic E-state index is 11.3. The Balaban J connectivity index is 0.000000221. The number of pyridine rings is 1. The van der Waals surface area contributed by atoms with Crippen LogP contribution in [-0.4, -0.2) is 42.6 Å². The quantitative estimate of drug-likeness (QED) is 0.121. The number of hydrogen-bond donors (Lipinski definition) is 4. The van der Waals surface area contributed by atoms with E-state index in [1.807, 2.05) is 62.4 Å². The molecule has 6 rings (SSSR count). The SMILES string of the molecule is C.CCCCOc1ccc(C(=O)CC)cc1.Cc1cnc2ccccc2n1.O=c1[nH]cc(O)c2ccccc12.O=c1ccc(=O)[nH][nH]1. The Morgan fingerprint density at radius 3 is 1.98 bits per heavy atom. The van der Waals surface area contributed by atoms with Gasteiger partial charge in [0.25, 0.3) is 16.7 Å². The molecule has 4 N–H and O–H groups in total. The molecule has 11 nitrogen and oxygen atoms in total. The van der Waals surface area contributed by atoms with Crippen LogP contribution in [-0.2, 0) is 0 Å². The first kappa shape index (κ1) is 37.3. The van der Waals surface area contributed by atoms with Crippen molar-refractivity contribution in [1.29, 1.82) is 0 Å². The number of ketones is 1. The summed E-state index contributed by atoms with van der Waals surface area (Å²) in [6.07, 6.45) is 5.82. The molecule has 0 bridgehead atoms. The van der Waals surface area contributed by atoms with Crippen LogP contribution < -0.4 is 21.4 Å². The van der Waals surface area contributed by atoms with Crippen LogP contribution in [0.3, 0.4) is 0 Å². The molecule has 0 fully saturated rings. The average Bonchev–Trinajstić information content (AvgIpc) is 3.09. The summed E-state index contributed by atoms with van der Waals surface area (Å²) >= 11 is 0. The molecule has 0 aliphatic rings. The summed E-state index contributed by atoms with van der Waals surface area (Å²) in [6, 6.07) is 24.5. The van der Waals surface area contributed by atoms with Crippen LogP contribution in [0.1, 0.15) is 56.6 Å². The van der Waals surface area contributed by atoms with Crippen LogP contribution in [0.5, 0.6) is 11.5 Å². The van der Waals surface area contributed by atoms with E-state index in [1.165, 1.54) is 18.3 Å². The second-order valence-corrected chi connectivity index (χ2v) is 9.86. The van der Waals surface area contributed by atoms with Crippen LogP contribution >= 0.6 is 0 Å². The number of fused-ring (bicyclic) bond motifs is 2. The normalized spacial score (nSPS) is 9.77. The van der Waals surface area contributed by atoms with Gasteiger partial charge in [0.1, 0.15) is 11.5 Å². The second kappa shape index (κ2) is 19.5. The lowest BCUT2D eigenvalue weighted by molar-refractivity contribution is 0.0988.